The van der Waals surface area contributed by atoms with Gasteiger partial charge in [0.05, 0.1) is 12.8 Å². The van der Waals surface area contributed by atoms with Crippen LogP contribution in [-0.2, 0) is 4.57 Å². The van der Waals surface area contributed by atoms with Gasteiger partial charge in [0.15, 0.2) is 0 Å². The van der Waals surface area contributed by atoms with E-state index in [0.717, 1.165) is 0 Å². The van der Waals surface area contributed by atoms with Gasteiger partial charge in [-0.2, -0.15) is 26.3 Å². The first-order valence-corrected chi connectivity index (χ1v) is 7.27. The minimum Gasteiger partial charge on any atom is -0.658 e. The molecule has 0 heterocycles. The van der Waals surface area contributed by atoms with Crippen molar-refractivity contribution in [3.63, 3.8) is 0 Å². The number of phosphoric acid groups is 1. The van der Waals surface area contributed by atoms with Gasteiger partial charge in [0.2, 0.25) is 0 Å². The van der Waals surface area contributed by atoms with Crippen molar-refractivity contribution in [2.24, 2.45) is 5.73 Å². The molecule has 13 heteroatoms. The predicted molar refractivity (Wildman–Crippen MR) is 65.9 cm³/mol. The zero-order chi connectivity index (χ0) is 18.4. The van der Waals surface area contributed by atoms with Crippen LogP contribution in [0.15, 0.2) is 0 Å². The van der Waals surface area contributed by atoms with Gasteiger partial charge in [0.1, 0.15) is 0 Å². The van der Waals surface area contributed by atoms with E-state index in [0.29, 0.717) is 0 Å². The Morgan fingerprint density at radius 1 is 1.00 bits per heavy atom. The summed E-state index contributed by atoms with van der Waals surface area (Å²) in [4.78, 5) is 21.6. The summed E-state index contributed by atoms with van der Waals surface area (Å²) in [5.41, 5.74) is 2.77. The Morgan fingerprint density at radius 2 is 1.27 bits per heavy atom. The lowest BCUT2D eigenvalue weighted by atomic mass is 9.91. The molecule has 0 aliphatic rings. The van der Waals surface area contributed by atoms with E-state index in [1.54, 1.807) is 13.8 Å². The largest absolute Gasteiger partial charge is 0.658 e. The fraction of sp³-hybridized carbons (Fsp3) is 1.00. The quantitative estimate of drug-likeness (QED) is 0.442. The van der Waals surface area contributed by atoms with Crippen molar-refractivity contribution in [2.45, 2.75) is 50.6 Å². The Balaban J connectivity index is 0. The SMILES string of the molecule is CC(C)[N-]CC(N)(CC(F)(F)F)CC(F)(F)F.O=P(O)(O)O. The third-order valence-electron chi connectivity index (χ3n) is 1.88. The minimum absolute atomic E-state index is 0.362. The van der Waals surface area contributed by atoms with E-state index >= 15 is 0 Å². The predicted octanol–water partition coefficient (Wildman–Crippen LogP) is 2.44. The lowest BCUT2D eigenvalue weighted by Crippen LogP contribution is -2.50. The maximum absolute atomic E-state index is 12.2. The van der Waals surface area contributed by atoms with Gasteiger partial charge in [0.25, 0.3) is 0 Å². The van der Waals surface area contributed by atoms with Crippen LogP contribution in [0.3, 0.4) is 0 Å². The van der Waals surface area contributed by atoms with E-state index in [4.69, 9.17) is 25.0 Å². The first-order chi connectivity index (χ1) is 9.33. The summed E-state index contributed by atoms with van der Waals surface area (Å²) in [6.07, 6.45) is -12.9. The highest BCUT2D eigenvalue weighted by molar-refractivity contribution is 7.45. The van der Waals surface area contributed by atoms with Gasteiger partial charge in [-0.3, -0.25) is 0 Å². The number of hydrogen-bond acceptors (Lipinski definition) is 2. The van der Waals surface area contributed by atoms with Crippen LogP contribution in [0.1, 0.15) is 26.7 Å². The summed E-state index contributed by atoms with van der Waals surface area (Å²) in [5, 5.41) is 3.64. The average Bonchev–Trinajstić information content (AvgIpc) is 2.05. The molecule has 0 rings (SSSR count). The first-order valence-electron chi connectivity index (χ1n) is 5.70. The highest BCUT2D eigenvalue weighted by Gasteiger charge is 2.44. The van der Waals surface area contributed by atoms with Crippen LogP contribution in [0.25, 0.3) is 5.32 Å². The molecule has 5 N–H and O–H groups in total. The maximum Gasteiger partial charge on any atom is 0.466 e. The van der Waals surface area contributed by atoms with Crippen LogP contribution in [0.5, 0.6) is 0 Å². The molecule has 0 aromatic heterocycles. The van der Waals surface area contributed by atoms with Gasteiger partial charge in [-0.05, 0) is 0 Å². The lowest BCUT2D eigenvalue weighted by molar-refractivity contribution is -0.175. The standard InChI is InChI=1S/C9H15F6N2.H3O4P/c1-6(2)17-5-7(16,3-8(10,11)12)4-9(13,14)15;1-5(2,3)4/h6H,3-5,16H2,1-2H3;(H3,1,2,3,4)/q-1;. The third kappa shape index (κ3) is 21.9. The molecule has 0 unspecified atom stereocenters. The molecule has 0 saturated heterocycles. The normalized spacial score (nSPS) is 13.9. The van der Waals surface area contributed by atoms with Crippen LogP contribution >= 0.6 is 7.82 Å². The molecular weight excluding hydrogens is 345 g/mol. The number of nitrogens with zero attached hydrogens (tertiary/aromatic N) is 1. The highest BCUT2D eigenvalue weighted by atomic mass is 31.2. The molecule has 136 valence electrons. The van der Waals surface area contributed by atoms with Crippen molar-refractivity contribution < 1.29 is 45.6 Å². The van der Waals surface area contributed by atoms with Gasteiger partial charge in [0, 0.05) is 5.54 Å². The Bertz CT molecular complexity index is 344. The van der Waals surface area contributed by atoms with Crippen molar-refractivity contribution in [3.05, 3.63) is 5.32 Å². The van der Waals surface area contributed by atoms with E-state index in [1.165, 1.54) is 0 Å². The van der Waals surface area contributed by atoms with E-state index in [9.17, 15) is 26.3 Å². The van der Waals surface area contributed by atoms with Gasteiger partial charge in [-0.15, -0.1) is 12.6 Å². The molecule has 0 spiro atoms. The second-order valence-corrected chi connectivity index (χ2v) is 5.92. The minimum atomic E-state index is -4.74. The van der Waals surface area contributed by atoms with Gasteiger partial charge in [-0.1, -0.05) is 13.8 Å². The van der Waals surface area contributed by atoms with Crippen molar-refractivity contribution >= 4 is 7.82 Å². The molecule has 0 radical (unpaired) electrons. The molecule has 0 aromatic rings. The second kappa shape index (κ2) is 8.46. The zero-order valence-corrected chi connectivity index (χ0v) is 12.6. The fourth-order valence-electron chi connectivity index (χ4n) is 1.34. The number of alkyl halides is 6. The van der Waals surface area contributed by atoms with Gasteiger partial charge >= 0.3 is 20.2 Å². The molecule has 0 bridgehead atoms. The maximum atomic E-state index is 12.2. The van der Waals surface area contributed by atoms with E-state index in [1.807, 2.05) is 0 Å². The summed E-state index contributed by atoms with van der Waals surface area (Å²) >= 11 is 0. The number of nitrogens with two attached hydrogens (primary N) is 1. The van der Waals surface area contributed by atoms with Crippen LogP contribution in [0, 0.1) is 0 Å². The molecule has 0 aliphatic carbocycles. The number of hydrogen-bond donors (Lipinski definition) is 4. The van der Waals surface area contributed by atoms with Crippen molar-refractivity contribution in [1.82, 2.24) is 0 Å². The second-order valence-electron chi connectivity index (χ2n) is 4.89. The lowest BCUT2D eigenvalue weighted by Gasteiger charge is -2.39. The summed E-state index contributed by atoms with van der Waals surface area (Å²) in [6.45, 7) is 2.45. The first kappa shape index (κ1) is 23.9. The Labute approximate surface area is 122 Å². The van der Waals surface area contributed by atoms with Crippen molar-refractivity contribution in [3.8, 4) is 0 Å². The van der Waals surface area contributed by atoms with Crippen molar-refractivity contribution in [2.75, 3.05) is 6.54 Å². The van der Waals surface area contributed by atoms with Crippen LogP contribution in [0.4, 0.5) is 26.3 Å². The zero-order valence-electron chi connectivity index (χ0n) is 11.7. The summed E-state index contributed by atoms with van der Waals surface area (Å²) in [6, 6.07) is -0.362. The van der Waals surface area contributed by atoms with Crippen LogP contribution < -0.4 is 5.73 Å². The summed E-state index contributed by atoms with van der Waals surface area (Å²) in [7, 11) is -4.64. The van der Waals surface area contributed by atoms with E-state index in [-0.39, 0.29) is 6.04 Å². The van der Waals surface area contributed by atoms with Crippen LogP contribution in [-0.4, -0.2) is 45.2 Å². The molecule has 6 nitrogen and oxygen atoms in total. The van der Waals surface area contributed by atoms with Gasteiger partial charge < -0.3 is 25.7 Å². The Hall–Kier alpha value is -0.390. The summed E-state index contributed by atoms with van der Waals surface area (Å²) < 4.78 is 81.9. The molecule has 22 heavy (non-hydrogen) atoms. The molecule has 0 aliphatic heterocycles. The Kier molecular flexibility index (Phi) is 9.18. The Morgan fingerprint density at radius 3 is 1.45 bits per heavy atom. The molecule has 0 aromatic carbocycles. The van der Waals surface area contributed by atoms with E-state index in [2.05, 4.69) is 5.32 Å². The molecular formula is C9H18F6N2O4P-. The number of rotatable bonds is 5. The fourth-order valence-corrected chi connectivity index (χ4v) is 1.34. The molecule has 0 fully saturated rings. The highest BCUT2D eigenvalue weighted by Crippen LogP contribution is 2.35. The van der Waals surface area contributed by atoms with Crippen molar-refractivity contribution in [1.29, 1.82) is 0 Å². The monoisotopic (exact) mass is 363 g/mol. The topological polar surface area (TPSA) is 118 Å². The summed E-state index contributed by atoms with van der Waals surface area (Å²) in [5.74, 6) is 0. The third-order valence-corrected chi connectivity index (χ3v) is 1.88. The molecule has 0 amide bonds. The van der Waals surface area contributed by atoms with E-state index < -0.39 is 45.1 Å². The molecule has 0 saturated carbocycles. The van der Waals surface area contributed by atoms with Crippen LogP contribution in [0.2, 0.25) is 0 Å². The average molecular weight is 363 g/mol. The number of halogens is 6. The smallest absolute Gasteiger partial charge is 0.466 e. The molecule has 0 atom stereocenters. The van der Waals surface area contributed by atoms with Gasteiger partial charge in [-0.25, -0.2) is 4.57 Å².